The van der Waals surface area contributed by atoms with E-state index < -0.39 is 11.7 Å². The van der Waals surface area contributed by atoms with E-state index in [1.807, 2.05) is 51.2 Å². The number of fused-ring (bicyclic) bond motifs is 1. The summed E-state index contributed by atoms with van der Waals surface area (Å²) in [7, 11) is 0. The van der Waals surface area contributed by atoms with Gasteiger partial charge in [0.1, 0.15) is 11.9 Å². The Bertz CT molecular complexity index is 850. The Hall–Kier alpha value is -2.89. The minimum absolute atomic E-state index is 0.462. The van der Waals surface area contributed by atoms with E-state index in [0.717, 1.165) is 16.5 Å². The third kappa shape index (κ3) is 3.90. The van der Waals surface area contributed by atoms with Gasteiger partial charge in [0.15, 0.2) is 0 Å². The standard InChI is InChI=1S/C18H20N4O2/c1-18(2,3)24-17(23)21-15-5-4-14-6-7-22(16(14)8-15)11-13-9-19-12-20-10-13/h4-10,12H,11H2,1-3H3,(H,21,23). The molecule has 2 heterocycles. The van der Waals surface area contributed by atoms with Crippen LogP contribution in [0.4, 0.5) is 10.5 Å². The SMILES string of the molecule is CC(C)(C)OC(=O)Nc1ccc2ccn(Cc3cncnc3)c2c1. The number of hydrogen-bond donors (Lipinski definition) is 1. The molecule has 124 valence electrons. The Kier molecular flexibility index (Phi) is 4.20. The van der Waals surface area contributed by atoms with E-state index in [0.29, 0.717) is 12.2 Å². The van der Waals surface area contributed by atoms with Gasteiger partial charge < -0.3 is 9.30 Å². The fourth-order valence-electron chi connectivity index (χ4n) is 2.43. The minimum atomic E-state index is -0.526. The van der Waals surface area contributed by atoms with Crippen LogP contribution in [-0.2, 0) is 11.3 Å². The zero-order valence-electron chi connectivity index (χ0n) is 14.0. The molecule has 0 saturated heterocycles. The quantitative estimate of drug-likeness (QED) is 0.795. The van der Waals surface area contributed by atoms with Crippen LogP contribution in [0.3, 0.4) is 0 Å². The maximum Gasteiger partial charge on any atom is 0.412 e. The average Bonchev–Trinajstić information content (AvgIpc) is 2.89. The first-order valence-electron chi connectivity index (χ1n) is 7.73. The minimum Gasteiger partial charge on any atom is -0.444 e. The van der Waals surface area contributed by atoms with Gasteiger partial charge in [-0.3, -0.25) is 5.32 Å². The smallest absolute Gasteiger partial charge is 0.412 e. The van der Waals surface area contributed by atoms with Gasteiger partial charge in [-0.2, -0.15) is 0 Å². The van der Waals surface area contributed by atoms with Crippen molar-refractivity contribution in [3.05, 3.63) is 54.7 Å². The van der Waals surface area contributed by atoms with Gasteiger partial charge in [-0.05, 0) is 44.4 Å². The molecule has 0 spiro atoms. The molecular weight excluding hydrogens is 304 g/mol. The molecule has 0 bridgehead atoms. The topological polar surface area (TPSA) is 69.0 Å². The highest BCUT2D eigenvalue weighted by Crippen LogP contribution is 2.22. The fraction of sp³-hybridized carbons (Fsp3) is 0.278. The van der Waals surface area contributed by atoms with Gasteiger partial charge in [0.2, 0.25) is 0 Å². The summed E-state index contributed by atoms with van der Waals surface area (Å²) in [6.07, 6.45) is 6.65. The van der Waals surface area contributed by atoms with Crippen molar-refractivity contribution in [1.29, 1.82) is 0 Å². The third-order valence-electron chi connectivity index (χ3n) is 3.39. The number of nitrogens with one attached hydrogen (secondary N) is 1. The van der Waals surface area contributed by atoms with Crippen LogP contribution >= 0.6 is 0 Å². The second-order valence-electron chi connectivity index (χ2n) is 6.59. The van der Waals surface area contributed by atoms with E-state index in [1.165, 1.54) is 6.33 Å². The number of rotatable bonds is 3. The second-order valence-corrected chi connectivity index (χ2v) is 6.59. The lowest BCUT2D eigenvalue weighted by Crippen LogP contribution is -2.27. The number of benzene rings is 1. The van der Waals surface area contributed by atoms with Crippen LogP contribution in [-0.4, -0.2) is 26.2 Å². The van der Waals surface area contributed by atoms with Crippen LogP contribution in [0.1, 0.15) is 26.3 Å². The van der Waals surface area contributed by atoms with Crippen LogP contribution in [0, 0.1) is 0 Å². The predicted molar refractivity (Wildman–Crippen MR) is 92.9 cm³/mol. The Morgan fingerprint density at radius 1 is 1.21 bits per heavy atom. The zero-order chi connectivity index (χ0) is 17.2. The first kappa shape index (κ1) is 16.0. The largest absolute Gasteiger partial charge is 0.444 e. The van der Waals surface area contributed by atoms with Crippen LogP contribution in [0.15, 0.2) is 49.2 Å². The number of aromatic nitrogens is 3. The number of nitrogens with zero attached hydrogens (tertiary/aromatic N) is 3. The number of carbonyl (C=O) groups is 1. The Balaban J connectivity index is 1.82. The highest BCUT2D eigenvalue weighted by molar-refractivity contribution is 5.90. The molecular formula is C18H20N4O2. The summed E-state index contributed by atoms with van der Waals surface area (Å²) in [5.74, 6) is 0. The molecule has 3 aromatic rings. The molecule has 24 heavy (non-hydrogen) atoms. The van der Waals surface area contributed by atoms with Crippen molar-refractivity contribution < 1.29 is 9.53 Å². The number of carbonyl (C=O) groups excluding carboxylic acids is 1. The van der Waals surface area contributed by atoms with Crippen LogP contribution in [0.25, 0.3) is 10.9 Å². The van der Waals surface area contributed by atoms with Crippen molar-refractivity contribution >= 4 is 22.7 Å². The molecule has 1 N–H and O–H groups in total. The molecule has 2 aromatic heterocycles. The predicted octanol–water partition coefficient (Wildman–Crippen LogP) is 3.83. The molecule has 0 aliphatic heterocycles. The highest BCUT2D eigenvalue weighted by atomic mass is 16.6. The fourth-order valence-corrected chi connectivity index (χ4v) is 2.43. The second kappa shape index (κ2) is 6.31. The molecule has 0 radical (unpaired) electrons. The van der Waals surface area contributed by atoms with E-state index >= 15 is 0 Å². The lowest BCUT2D eigenvalue weighted by molar-refractivity contribution is 0.0636. The highest BCUT2D eigenvalue weighted by Gasteiger charge is 2.16. The van der Waals surface area contributed by atoms with Gasteiger partial charge in [-0.15, -0.1) is 0 Å². The molecule has 3 rings (SSSR count). The van der Waals surface area contributed by atoms with E-state index in [4.69, 9.17) is 4.74 Å². The van der Waals surface area contributed by atoms with Crippen molar-refractivity contribution in [2.45, 2.75) is 32.9 Å². The summed E-state index contributed by atoms with van der Waals surface area (Å²) in [4.78, 5) is 20.0. The van der Waals surface area contributed by atoms with Gasteiger partial charge in [0, 0.05) is 29.8 Å². The number of anilines is 1. The van der Waals surface area contributed by atoms with Crippen molar-refractivity contribution in [3.8, 4) is 0 Å². The van der Waals surface area contributed by atoms with E-state index in [1.54, 1.807) is 12.4 Å². The van der Waals surface area contributed by atoms with Crippen molar-refractivity contribution in [2.24, 2.45) is 0 Å². The summed E-state index contributed by atoms with van der Waals surface area (Å²) >= 11 is 0. The molecule has 1 amide bonds. The first-order chi connectivity index (χ1) is 11.4. The lowest BCUT2D eigenvalue weighted by atomic mass is 10.2. The van der Waals surface area contributed by atoms with Gasteiger partial charge in [0.05, 0.1) is 12.1 Å². The van der Waals surface area contributed by atoms with Gasteiger partial charge in [0.25, 0.3) is 0 Å². The van der Waals surface area contributed by atoms with Gasteiger partial charge in [-0.25, -0.2) is 14.8 Å². The molecule has 0 saturated carbocycles. The Labute approximate surface area is 140 Å². The average molecular weight is 324 g/mol. The maximum atomic E-state index is 11.9. The summed E-state index contributed by atoms with van der Waals surface area (Å²) in [5, 5.41) is 3.87. The molecule has 6 nitrogen and oxygen atoms in total. The monoisotopic (exact) mass is 324 g/mol. The van der Waals surface area contributed by atoms with Gasteiger partial charge >= 0.3 is 6.09 Å². The molecule has 6 heteroatoms. The van der Waals surface area contributed by atoms with Gasteiger partial charge in [-0.1, -0.05) is 6.07 Å². The molecule has 0 atom stereocenters. The van der Waals surface area contributed by atoms with E-state index in [-0.39, 0.29) is 0 Å². The van der Waals surface area contributed by atoms with Crippen LogP contribution in [0.5, 0.6) is 0 Å². The summed E-state index contributed by atoms with van der Waals surface area (Å²) < 4.78 is 7.38. The van der Waals surface area contributed by atoms with Crippen molar-refractivity contribution in [2.75, 3.05) is 5.32 Å². The number of hydrogen-bond acceptors (Lipinski definition) is 4. The van der Waals surface area contributed by atoms with Crippen LogP contribution in [0.2, 0.25) is 0 Å². The lowest BCUT2D eigenvalue weighted by Gasteiger charge is -2.19. The normalized spacial score (nSPS) is 11.5. The summed E-state index contributed by atoms with van der Waals surface area (Å²) in [6, 6.07) is 7.81. The zero-order valence-corrected chi connectivity index (χ0v) is 14.0. The maximum absolute atomic E-state index is 11.9. The molecule has 0 aliphatic rings. The van der Waals surface area contributed by atoms with Crippen LogP contribution < -0.4 is 5.32 Å². The Morgan fingerprint density at radius 2 is 1.96 bits per heavy atom. The van der Waals surface area contributed by atoms with Crippen molar-refractivity contribution in [3.63, 3.8) is 0 Å². The summed E-state index contributed by atoms with van der Waals surface area (Å²) in [5.41, 5.74) is 2.20. The molecule has 0 aliphatic carbocycles. The molecule has 1 aromatic carbocycles. The molecule has 0 unspecified atom stereocenters. The van der Waals surface area contributed by atoms with E-state index in [2.05, 4.69) is 19.9 Å². The first-order valence-corrected chi connectivity index (χ1v) is 7.73. The van der Waals surface area contributed by atoms with E-state index in [9.17, 15) is 4.79 Å². The number of amides is 1. The molecule has 0 fully saturated rings. The summed E-state index contributed by atoms with van der Waals surface area (Å²) in [6.45, 7) is 6.18. The van der Waals surface area contributed by atoms with Crippen molar-refractivity contribution in [1.82, 2.24) is 14.5 Å². The number of ether oxygens (including phenoxy) is 1. The Morgan fingerprint density at radius 3 is 2.67 bits per heavy atom. The third-order valence-corrected chi connectivity index (χ3v) is 3.39.